The Balaban J connectivity index is 1.69. The molecular weight excluding hydrogens is 208 g/mol. The summed E-state index contributed by atoms with van der Waals surface area (Å²) >= 11 is 0. The lowest BCUT2D eigenvalue weighted by atomic mass is 9.69. The molecule has 1 nitrogen and oxygen atoms in total. The molecule has 0 aromatic rings. The number of hydrogen-bond acceptors (Lipinski definition) is 1. The van der Waals surface area contributed by atoms with Gasteiger partial charge in [-0.2, -0.15) is 0 Å². The molecule has 0 aliphatic heterocycles. The van der Waals surface area contributed by atoms with Gasteiger partial charge in [0.05, 0.1) is 12.9 Å². The zero-order chi connectivity index (χ0) is 12.1. The van der Waals surface area contributed by atoms with E-state index in [0.29, 0.717) is 0 Å². The minimum absolute atomic E-state index is 0.798. The molecule has 98 valence electrons. The van der Waals surface area contributed by atoms with E-state index in [9.17, 15) is 0 Å². The maximum atomic E-state index is 5.33. The van der Waals surface area contributed by atoms with Crippen LogP contribution in [0, 0.1) is 23.7 Å². The first-order chi connectivity index (χ1) is 8.29. The van der Waals surface area contributed by atoms with Gasteiger partial charge in [0.1, 0.15) is 0 Å². The van der Waals surface area contributed by atoms with Crippen molar-refractivity contribution in [3.8, 4) is 0 Å². The van der Waals surface area contributed by atoms with Crippen molar-refractivity contribution >= 4 is 0 Å². The fraction of sp³-hybridized carbons (Fsp3) is 0.875. The topological polar surface area (TPSA) is 9.23 Å². The molecule has 2 fully saturated rings. The third kappa shape index (κ3) is 3.76. The van der Waals surface area contributed by atoms with Crippen molar-refractivity contribution in [1.82, 2.24) is 0 Å². The van der Waals surface area contributed by atoms with E-state index < -0.39 is 0 Å². The third-order valence-electron chi connectivity index (χ3n) is 5.07. The zero-order valence-electron chi connectivity index (χ0n) is 11.4. The highest BCUT2D eigenvalue weighted by Gasteiger charge is 2.29. The molecule has 0 unspecified atom stereocenters. The number of hydrogen-bond donors (Lipinski definition) is 0. The van der Waals surface area contributed by atoms with Gasteiger partial charge in [-0.15, -0.1) is 0 Å². The van der Waals surface area contributed by atoms with E-state index in [0.717, 1.165) is 30.3 Å². The van der Waals surface area contributed by atoms with E-state index in [1.165, 1.54) is 51.4 Å². The first-order valence-corrected chi connectivity index (χ1v) is 7.52. The van der Waals surface area contributed by atoms with Crippen LogP contribution in [0.1, 0.15) is 58.3 Å². The highest BCUT2D eigenvalue weighted by atomic mass is 16.5. The van der Waals surface area contributed by atoms with Crippen molar-refractivity contribution in [1.29, 1.82) is 0 Å². The Kier molecular flexibility index (Phi) is 4.94. The van der Waals surface area contributed by atoms with Crippen molar-refractivity contribution in [2.24, 2.45) is 23.7 Å². The minimum atomic E-state index is 0.798. The molecule has 0 radical (unpaired) electrons. The summed E-state index contributed by atoms with van der Waals surface area (Å²) in [7, 11) is 0. The maximum absolute atomic E-state index is 5.33. The zero-order valence-corrected chi connectivity index (χ0v) is 11.4. The highest BCUT2D eigenvalue weighted by Crippen LogP contribution is 2.41. The Morgan fingerprint density at radius 1 is 0.941 bits per heavy atom. The van der Waals surface area contributed by atoms with Gasteiger partial charge in [0.25, 0.3) is 0 Å². The summed E-state index contributed by atoms with van der Waals surface area (Å²) in [6.07, 6.45) is 13.2. The Bertz CT molecular complexity index is 220. The molecule has 0 atom stereocenters. The van der Waals surface area contributed by atoms with Crippen LogP contribution in [-0.2, 0) is 4.74 Å². The van der Waals surface area contributed by atoms with Crippen molar-refractivity contribution in [3.63, 3.8) is 0 Å². The van der Waals surface area contributed by atoms with Crippen LogP contribution in [0.5, 0.6) is 0 Å². The first-order valence-electron chi connectivity index (χ1n) is 7.52. The lowest BCUT2D eigenvalue weighted by molar-refractivity contribution is 0.111. The third-order valence-corrected chi connectivity index (χ3v) is 5.07. The standard InChI is InChI=1S/C16H28O/c1-3-17-12-14-6-10-16(11-7-14)15-8-4-13(2)5-9-15/h3,13-16H,1,4-12H2,2H3/t13-,14-,15-,16-. The Morgan fingerprint density at radius 3 is 2.00 bits per heavy atom. The molecule has 2 aliphatic carbocycles. The second-order valence-corrected chi connectivity index (χ2v) is 6.30. The van der Waals surface area contributed by atoms with E-state index in [4.69, 9.17) is 4.74 Å². The van der Waals surface area contributed by atoms with Crippen LogP contribution in [0.4, 0.5) is 0 Å². The maximum Gasteiger partial charge on any atom is 0.0901 e. The minimum Gasteiger partial charge on any atom is -0.502 e. The second-order valence-electron chi connectivity index (χ2n) is 6.30. The van der Waals surface area contributed by atoms with Gasteiger partial charge in [-0.3, -0.25) is 0 Å². The molecule has 0 spiro atoms. The first kappa shape index (κ1) is 13.0. The van der Waals surface area contributed by atoms with Gasteiger partial charge in [-0.25, -0.2) is 0 Å². The average Bonchev–Trinajstić information content (AvgIpc) is 2.38. The smallest absolute Gasteiger partial charge is 0.0901 e. The van der Waals surface area contributed by atoms with E-state index >= 15 is 0 Å². The molecule has 0 amide bonds. The van der Waals surface area contributed by atoms with Crippen molar-refractivity contribution < 1.29 is 4.74 Å². The van der Waals surface area contributed by atoms with Crippen LogP contribution in [0.3, 0.4) is 0 Å². The molecule has 17 heavy (non-hydrogen) atoms. The van der Waals surface area contributed by atoms with E-state index in [-0.39, 0.29) is 0 Å². The summed E-state index contributed by atoms with van der Waals surface area (Å²) in [5.41, 5.74) is 0. The lowest BCUT2D eigenvalue weighted by Crippen LogP contribution is -2.26. The summed E-state index contributed by atoms with van der Waals surface area (Å²) in [5.74, 6) is 3.87. The molecule has 0 heterocycles. The van der Waals surface area contributed by atoms with Crippen molar-refractivity contribution in [3.05, 3.63) is 12.8 Å². The van der Waals surface area contributed by atoms with E-state index in [1.54, 1.807) is 6.26 Å². The van der Waals surface area contributed by atoms with Gasteiger partial charge in [0, 0.05) is 0 Å². The van der Waals surface area contributed by atoms with E-state index in [1.807, 2.05) is 0 Å². The number of rotatable bonds is 4. The molecule has 2 rings (SSSR count). The molecule has 0 N–H and O–H groups in total. The Labute approximate surface area is 107 Å². The van der Waals surface area contributed by atoms with Crippen LogP contribution < -0.4 is 0 Å². The molecule has 1 heteroatoms. The predicted molar refractivity (Wildman–Crippen MR) is 72.7 cm³/mol. The van der Waals surface area contributed by atoms with Gasteiger partial charge in [0.2, 0.25) is 0 Å². The highest BCUT2D eigenvalue weighted by molar-refractivity contribution is 4.81. The molecule has 2 saturated carbocycles. The van der Waals surface area contributed by atoms with Gasteiger partial charge >= 0.3 is 0 Å². The van der Waals surface area contributed by atoms with Crippen LogP contribution >= 0.6 is 0 Å². The van der Waals surface area contributed by atoms with Gasteiger partial charge in [-0.1, -0.05) is 26.3 Å². The SMILES string of the molecule is C=COC[C@H]1CC[C@H]([C@H]2CC[C@H](C)CC2)CC1. The predicted octanol–water partition coefficient (Wildman–Crippen LogP) is 4.78. The normalized spacial score (nSPS) is 38.6. The molecule has 0 aromatic carbocycles. The molecule has 0 aromatic heterocycles. The Hall–Kier alpha value is -0.460. The second kappa shape index (κ2) is 6.47. The number of ether oxygens (including phenoxy) is 1. The van der Waals surface area contributed by atoms with Crippen molar-refractivity contribution in [2.75, 3.05) is 6.61 Å². The van der Waals surface area contributed by atoms with Crippen LogP contribution in [0.25, 0.3) is 0 Å². The van der Waals surface area contributed by atoms with Crippen LogP contribution in [0.15, 0.2) is 12.8 Å². The van der Waals surface area contributed by atoms with Crippen LogP contribution in [-0.4, -0.2) is 6.61 Å². The summed E-state index contributed by atoms with van der Waals surface area (Å²) in [6.45, 7) is 6.94. The van der Waals surface area contributed by atoms with Crippen LogP contribution in [0.2, 0.25) is 0 Å². The summed E-state index contributed by atoms with van der Waals surface area (Å²) in [5, 5.41) is 0. The average molecular weight is 236 g/mol. The Morgan fingerprint density at radius 2 is 1.47 bits per heavy atom. The fourth-order valence-corrected chi connectivity index (χ4v) is 3.79. The quantitative estimate of drug-likeness (QED) is 0.638. The molecular formula is C16H28O. The molecule has 0 saturated heterocycles. The van der Waals surface area contributed by atoms with E-state index in [2.05, 4.69) is 13.5 Å². The monoisotopic (exact) mass is 236 g/mol. The van der Waals surface area contributed by atoms with Gasteiger partial charge in [-0.05, 0) is 62.2 Å². The van der Waals surface area contributed by atoms with Gasteiger partial charge < -0.3 is 4.74 Å². The fourth-order valence-electron chi connectivity index (χ4n) is 3.79. The van der Waals surface area contributed by atoms with Gasteiger partial charge in [0.15, 0.2) is 0 Å². The summed E-state index contributed by atoms with van der Waals surface area (Å²) in [6, 6.07) is 0. The lowest BCUT2D eigenvalue weighted by Gasteiger charge is -2.37. The molecule has 2 aliphatic rings. The largest absolute Gasteiger partial charge is 0.502 e. The molecule has 0 bridgehead atoms. The summed E-state index contributed by atoms with van der Waals surface area (Å²) < 4.78 is 5.33. The summed E-state index contributed by atoms with van der Waals surface area (Å²) in [4.78, 5) is 0. The van der Waals surface area contributed by atoms with Crippen molar-refractivity contribution in [2.45, 2.75) is 58.3 Å².